The minimum atomic E-state index is 0.559. The highest BCUT2D eigenvalue weighted by atomic mass is 35.5. The van der Waals surface area contributed by atoms with Gasteiger partial charge in [-0.05, 0) is 41.1 Å². The van der Waals surface area contributed by atoms with Crippen LogP contribution in [0.5, 0.6) is 11.5 Å². The Bertz CT molecular complexity index is 891. The number of methoxy groups -OCH3 is 1. The zero-order valence-electron chi connectivity index (χ0n) is 15.8. The average molecular weight is 420 g/mol. The molecule has 0 saturated heterocycles. The van der Waals surface area contributed by atoms with E-state index in [2.05, 4.69) is 20.8 Å². The summed E-state index contributed by atoms with van der Waals surface area (Å²) in [4.78, 5) is 0. The van der Waals surface area contributed by atoms with Crippen molar-refractivity contribution >= 4 is 23.4 Å². The predicted octanol–water partition coefficient (Wildman–Crippen LogP) is 3.60. The molecule has 0 bridgehead atoms. The number of ether oxygens (including phenoxy) is 2. The van der Waals surface area contributed by atoms with Crippen LogP contribution < -0.4 is 14.8 Å². The fourth-order valence-electron chi connectivity index (χ4n) is 2.58. The van der Waals surface area contributed by atoms with E-state index in [0.29, 0.717) is 29.7 Å². The first-order valence-electron chi connectivity index (χ1n) is 8.89. The summed E-state index contributed by atoms with van der Waals surface area (Å²) in [5.74, 6) is 2.15. The Balaban J connectivity index is 1.52. The van der Waals surface area contributed by atoms with Crippen molar-refractivity contribution in [2.24, 2.45) is 0 Å². The van der Waals surface area contributed by atoms with E-state index >= 15 is 0 Å². The quantitative estimate of drug-likeness (QED) is 0.397. The zero-order chi connectivity index (χ0) is 19.8. The minimum Gasteiger partial charge on any atom is -0.493 e. The molecule has 1 aromatic heterocycles. The van der Waals surface area contributed by atoms with E-state index in [1.807, 2.05) is 43.3 Å². The summed E-state index contributed by atoms with van der Waals surface area (Å²) in [7, 11) is 1.62. The van der Waals surface area contributed by atoms with Crippen LogP contribution in [0.15, 0.2) is 47.6 Å². The largest absolute Gasteiger partial charge is 0.493 e. The van der Waals surface area contributed by atoms with Crippen LogP contribution in [-0.2, 0) is 6.54 Å². The minimum absolute atomic E-state index is 0.559. The number of halogens is 1. The molecule has 3 rings (SSSR count). The van der Waals surface area contributed by atoms with Gasteiger partial charge < -0.3 is 14.8 Å². The maximum atomic E-state index is 6.37. The molecule has 0 aliphatic heterocycles. The molecule has 1 heterocycles. The van der Waals surface area contributed by atoms with Crippen LogP contribution >= 0.6 is 23.4 Å². The van der Waals surface area contributed by atoms with Crippen LogP contribution in [0.1, 0.15) is 12.5 Å². The van der Waals surface area contributed by atoms with Gasteiger partial charge in [0.2, 0.25) is 5.16 Å². The summed E-state index contributed by atoms with van der Waals surface area (Å²) < 4.78 is 12.7. The van der Waals surface area contributed by atoms with E-state index in [0.717, 1.165) is 28.7 Å². The molecule has 0 amide bonds. The molecule has 9 heteroatoms. The Hall–Kier alpha value is -2.29. The molecule has 28 heavy (non-hydrogen) atoms. The number of aromatic nitrogens is 4. The standard InChI is InChI=1S/C19H22ClN5O2S/c1-3-27-18-12-16(20)14(11-17(18)26-2)13-21-9-10-28-19-22-23-24-25(19)15-7-5-4-6-8-15/h4-8,11-12,21H,3,9-10,13H2,1-2H3. The van der Waals surface area contributed by atoms with E-state index in [9.17, 15) is 0 Å². The summed E-state index contributed by atoms with van der Waals surface area (Å²) >= 11 is 7.96. The van der Waals surface area contributed by atoms with E-state index in [1.54, 1.807) is 29.6 Å². The SMILES string of the molecule is CCOc1cc(Cl)c(CNCCSc2nnnn2-c2ccccc2)cc1OC. The highest BCUT2D eigenvalue weighted by molar-refractivity contribution is 7.99. The molecule has 0 unspecified atom stereocenters. The van der Waals surface area contributed by atoms with Gasteiger partial charge in [0.15, 0.2) is 11.5 Å². The van der Waals surface area contributed by atoms with Crippen molar-refractivity contribution in [1.82, 2.24) is 25.5 Å². The summed E-state index contributed by atoms with van der Waals surface area (Å²) in [6.45, 7) is 3.89. The number of hydrogen-bond acceptors (Lipinski definition) is 7. The summed E-state index contributed by atoms with van der Waals surface area (Å²) in [5, 5.41) is 16.7. The van der Waals surface area contributed by atoms with Crippen molar-refractivity contribution in [3.8, 4) is 17.2 Å². The number of thioether (sulfide) groups is 1. The van der Waals surface area contributed by atoms with E-state index in [1.165, 1.54) is 0 Å². The molecule has 0 spiro atoms. The van der Waals surface area contributed by atoms with Gasteiger partial charge in [0, 0.05) is 29.9 Å². The third kappa shape index (κ3) is 5.15. The number of rotatable bonds is 10. The molecule has 148 valence electrons. The third-order valence-corrected chi connectivity index (χ3v) is 5.17. The van der Waals surface area contributed by atoms with Crippen LogP contribution in [0.25, 0.3) is 5.69 Å². The molecule has 0 atom stereocenters. The van der Waals surface area contributed by atoms with Crippen LogP contribution in [-0.4, -0.2) is 46.2 Å². The van der Waals surface area contributed by atoms with Crippen molar-refractivity contribution in [3.05, 3.63) is 53.1 Å². The van der Waals surface area contributed by atoms with Gasteiger partial charge in [-0.3, -0.25) is 0 Å². The molecular formula is C19H22ClN5O2S. The molecule has 0 saturated carbocycles. The molecule has 7 nitrogen and oxygen atoms in total. The lowest BCUT2D eigenvalue weighted by atomic mass is 10.2. The third-order valence-electron chi connectivity index (χ3n) is 3.90. The number of benzene rings is 2. The Morgan fingerprint density at radius 1 is 1.18 bits per heavy atom. The first-order chi connectivity index (χ1) is 13.7. The van der Waals surface area contributed by atoms with Gasteiger partial charge in [0.05, 0.1) is 19.4 Å². The van der Waals surface area contributed by atoms with Gasteiger partial charge in [-0.25, -0.2) is 0 Å². The van der Waals surface area contributed by atoms with E-state index in [-0.39, 0.29) is 0 Å². The van der Waals surface area contributed by atoms with Gasteiger partial charge in [-0.1, -0.05) is 41.6 Å². The highest BCUT2D eigenvalue weighted by Gasteiger charge is 2.11. The van der Waals surface area contributed by atoms with Gasteiger partial charge in [-0.2, -0.15) is 4.68 Å². The van der Waals surface area contributed by atoms with Crippen LogP contribution in [0.4, 0.5) is 0 Å². The van der Waals surface area contributed by atoms with Crippen molar-refractivity contribution < 1.29 is 9.47 Å². The van der Waals surface area contributed by atoms with Crippen molar-refractivity contribution in [2.45, 2.75) is 18.6 Å². The number of tetrazole rings is 1. The first kappa shape index (κ1) is 20.4. The molecule has 0 radical (unpaired) electrons. The Labute approximate surface area is 173 Å². The topological polar surface area (TPSA) is 74.1 Å². The molecule has 1 N–H and O–H groups in total. The maximum Gasteiger partial charge on any atom is 0.214 e. The summed E-state index contributed by atoms with van der Waals surface area (Å²) in [5.41, 5.74) is 1.90. The average Bonchev–Trinajstić information content (AvgIpc) is 3.18. The van der Waals surface area contributed by atoms with Crippen LogP contribution in [0, 0.1) is 0 Å². The summed E-state index contributed by atoms with van der Waals surface area (Å²) in [6.07, 6.45) is 0. The van der Waals surface area contributed by atoms with E-state index < -0.39 is 0 Å². The van der Waals surface area contributed by atoms with Crippen molar-refractivity contribution in [2.75, 3.05) is 26.0 Å². The monoisotopic (exact) mass is 419 g/mol. The Morgan fingerprint density at radius 2 is 2.00 bits per heavy atom. The number of nitrogens with zero attached hydrogens (tertiary/aromatic N) is 4. The molecule has 0 aliphatic rings. The number of hydrogen-bond donors (Lipinski definition) is 1. The molecule has 0 aliphatic carbocycles. The van der Waals surface area contributed by atoms with Gasteiger partial charge in [0.1, 0.15) is 0 Å². The first-order valence-corrected chi connectivity index (χ1v) is 10.3. The zero-order valence-corrected chi connectivity index (χ0v) is 17.3. The summed E-state index contributed by atoms with van der Waals surface area (Å²) in [6, 6.07) is 13.5. The number of nitrogens with one attached hydrogen (secondary N) is 1. The predicted molar refractivity (Wildman–Crippen MR) is 111 cm³/mol. The normalized spacial score (nSPS) is 10.8. The second-order valence-corrected chi connectivity index (χ2v) is 7.23. The van der Waals surface area contributed by atoms with E-state index in [4.69, 9.17) is 21.1 Å². The highest BCUT2D eigenvalue weighted by Crippen LogP contribution is 2.33. The molecule has 2 aromatic carbocycles. The second kappa shape index (κ2) is 10.3. The fourth-order valence-corrected chi connectivity index (χ4v) is 3.59. The number of para-hydroxylation sites is 1. The molecular weight excluding hydrogens is 398 g/mol. The lowest BCUT2D eigenvalue weighted by Crippen LogP contribution is -2.17. The smallest absolute Gasteiger partial charge is 0.214 e. The van der Waals surface area contributed by atoms with Crippen LogP contribution in [0.3, 0.4) is 0 Å². The lowest BCUT2D eigenvalue weighted by molar-refractivity contribution is 0.310. The Morgan fingerprint density at radius 3 is 2.75 bits per heavy atom. The fraction of sp³-hybridized carbons (Fsp3) is 0.316. The molecule has 3 aromatic rings. The lowest BCUT2D eigenvalue weighted by Gasteiger charge is -2.13. The Kier molecular flexibility index (Phi) is 7.53. The van der Waals surface area contributed by atoms with Crippen LogP contribution in [0.2, 0.25) is 5.02 Å². The second-order valence-electron chi connectivity index (χ2n) is 5.76. The van der Waals surface area contributed by atoms with Gasteiger partial charge in [-0.15, -0.1) is 5.10 Å². The van der Waals surface area contributed by atoms with Gasteiger partial charge in [0.25, 0.3) is 0 Å². The maximum absolute atomic E-state index is 6.37. The van der Waals surface area contributed by atoms with Crippen molar-refractivity contribution in [1.29, 1.82) is 0 Å². The van der Waals surface area contributed by atoms with Crippen molar-refractivity contribution in [3.63, 3.8) is 0 Å². The molecule has 0 fully saturated rings. The van der Waals surface area contributed by atoms with Gasteiger partial charge >= 0.3 is 0 Å².